The number of rotatable bonds is 2. The van der Waals surface area contributed by atoms with Crippen molar-refractivity contribution in [3.63, 3.8) is 0 Å². The summed E-state index contributed by atoms with van der Waals surface area (Å²) in [4.78, 5) is 9.54. The number of halogens is 1. The monoisotopic (exact) mass is 143 g/mol. The van der Waals surface area contributed by atoms with Crippen molar-refractivity contribution in [3.8, 4) is 0 Å². The third kappa shape index (κ3) is 9.91. The van der Waals surface area contributed by atoms with E-state index in [0.717, 1.165) is 6.08 Å². The molecule has 0 aliphatic heterocycles. The zero-order chi connectivity index (χ0) is 5.70. The van der Waals surface area contributed by atoms with Crippen LogP contribution in [-0.2, 0) is 4.79 Å². The quantitative estimate of drug-likeness (QED) is 0.573. The van der Waals surface area contributed by atoms with Crippen LogP contribution in [0.5, 0.6) is 0 Å². The molecule has 0 aliphatic rings. The summed E-state index contributed by atoms with van der Waals surface area (Å²) in [6, 6.07) is 0. The average Bonchev–Trinajstić information content (AvgIpc) is 1.61. The zero-order valence-corrected chi connectivity index (χ0v) is 7.72. The van der Waals surface area contributed by atoms with Gasteiger partial charge >= 0.3 is 5.97 Å². The van der Waals surface area contributed by atoms with Crippen LogP contribution in [0.3, 0.4) is 0 Å². The molecule has 4 heteroatoms. The van der Waals surface area contributed by atoms with Crippen LogP contribution in [0.1, 0.15) is 6.42 Å². The van der Waals surface area contributed by atoms with Crippen LogP contribution in [0, 0.1) is 0 Å². The molecule has 41 valence electrons. The van der Waals surface area contributed by atoms with E-state index >= 15 is 0 Å². The summed E-state index contributed by atoms with van der Waals surface area (Å²) in [5.41, 5.74) is 0. The summed E-state index contributed by atoms with van der Waals surface area (Å²) in [5, 5.41) is 7.83. The third-order valence-corrected chi connectivity index (χ3v) is 0.382. The van der Waals surface area contributed by atoms with Gasteiger partial charge in [-0.25, -0.2) is 4.39 Å². The summed E-state index contributed by atoms with van der Waals surface area (Å²) in [6.45, 7) is 0. The van der Waals surface area contributed by atoms with E-state index in [4.69, 9.17) is 5.11 Å². The Kier molecular flexibility index (Phi) is 11.2. The second-order valence-electron chi connectivity index (χ2n) is 0.960. The maximum Gasteiger partial charge on any atom is 0.307 e. The van der Waals surface area contributed by atoms with Gasteiger partial charge in [-0.05, 0) is 6.08 Å². The fraction of sp³-hybridized carbons (Fsp3) is 0.250. The van der Waals surface area contributed by atoms with Crippen LogP contribution < -0.4 is 0 Å². The van der Waals surface area contributed by atoms with E-state index in [0.29, 0.717) is 0 Å². The number of carbonyl (C=O) groups is 1. The molecule has 0 heterocycles. The van der Waals surface area contributed by atoms with Crippen molar-refractivity contribution in [3.05, 3.63) is 12.4 Å². The summed E-state index contributed by atoms with van der Waals surface area (Å²) in [7, 11) is 0. The normalized spacial score (nSPS) is 8.62. The summed E-state index contributed by atoms with van der Waals surface area (Å²) < 4.78 is 10.9. The van der Waals surface area contributed by atoms with Gasteiger partial charge in [-0.1, -0.05) is 0 Å². The maximum absolute atomic E-state index is 10.9. The Bertz CT molecular complexity index is 92.0. The van der Waals surface area contributed by atoms with Gasteiger partial charge in [-0.3, -0.25) is 4.79 Å². The Morgan fingerprint density at radius 2 is 2.25 bits per heavy atom. The molecule has 0 fully saturated rings. The minimum atomic E-state index is -1.02. The first kappa shape index (κ1) is 11.6. The van der Waals surface area contributed by atoms with E-state index in [1.165, 1.54) is 0 Å². The van der Waals surface area contributed by atoms with Crippen LogP contribution >= 0.6 is 0 Å². The van der Waals surface area contributed by atoms with E-state index in [2.05, 4.69) is 0 Å². The molecule has 8 heavy (non-hydrogen) atoms. The predicted octanol–water partition coefficient (Wildman–Crippen LogP) is 0.564. The van der Waals surface area contributed by atoms with E-state index in [1.807, 2.05) is 0 Å². The smallest absolute Gasteiger partial charge is 0.307 e. The fourth-order valence-electron chi connectivity index (χ4n) is 0.145. The van der Waals surface area contributed by atoms with E-state index in [9.17, 15) is 9.18 Å². The van der Waals surface area contributed by atoms with Crippen molar-refractivity contribution < 1.29 is 14.3 Å². The zero-order valence-electron chi connectivity index (χ0n) is 4.60. The standard InChI is InChI=1S/C4H5FO2.K/c5-3-1-2-4(6)7;/h1,3H,2H2,(H,6,7);. The second kappa shape index (κ2) is 7.78. The minimum absolute atomic E-state index is 0. The van der Waals surface area contributed by atoms with Crippen molar-refractivity contribution in [2.45, 2.75) is 6.42 Å². The molecule has 1 N–H and O–H groups in total. The molecule has 0 atom stereocenters. The van der Waals surface area contributed by atoms with Gasteiger partial charge in [0.15, 0.2) is 0 Å². The van der Waals surface area contributed by atoms with Crippen molar-refractivity contribution in [1.82, 2.24) is 0 Å². The molecule has 1 radical (unpaired) electrons. The van der Waals surface area contributed by atoms with E-state index in [-0.39, 0.29) is 64.1 Å². The van der Waals surface area contributed by atoms with Gasteiger partial charge in [0, 0.05) is 51.4 Å². The van der Waals surface area contributed by atoms with Gasteiger partial charge in [0.1, 0.15) is 0 Å². The van der Waals surface area contributed by atoms with Crippen LogP contribution in [0.25, 0.3) is 0 Å². The molecule has 2 nitrogen and oxygen atoms in total. The van der Waals surface area contributed by atoms with Crippen LogP contribution in [0.15, 0.2) is 12.4 Å². The average molecular weight is 143 g/mol. The van der Waals surface area contributed by atoms with Gasteiger partial charge in [-0.15, -0.1) is 0 Å². The Balaban J connectivity index is 0. The molecule has 0 aliphatic carbocycles. The van der Waals surface area contributed by atoms with Gasteiger partial charge in [0.25, 0.3) is 0 Å². The molecule has 0 aromatic carbocycles. The summed E-state index contributed by atoms with van der Waals surface area (Å²) in [6.07, 6.45) is 0.910. The summed E-state index contributed by atoms with van der Waals surface area (Å²) in [5.74, 6) is -1.02. The number of aliphatic carboxylic acids is 1. The SMILES string of the molecule is O=C(O)CC=CF.[K]. The molecule has 0 saturated carbocycles. The van der Waals surface area contributed by atoms with Crippen LogP contribution in [-0.4, -0.2) is 62.5 Å². The minimum Gasteiger partial charge on any atom is -0.481 e. The van der Waals surface area contributed by atoms with Gasteiger partial charge in [0.2, 0.25) is 0 Å². The Morgan fingerprint density at radius 3 is 2.38 bits per heavy atom. The third-order valence-electron chi connectivity index (χ3n) is 0.382. The van der Waals surface area contributed by atoms with Crippen molar-refractivity contribution in [2.24, 2.45) is 0 Å². The van der Waals surface area contributed by atoms with Crippen molar-refractivity contribution in [2.75, 3.05) is 0 Å². The van der Waals surface area contributed by atoms with Gasteiger partial charge in [-0.2, -0.15) is 0 Å². The van der Waals surface area contributed by atoms with Crippen LogP contribution in [0.2, 0.25) is 0 Å². The Morgan fingerprint density at radius 1 is 1.75 bits per heavy atom. The van der Waals surface area contributed by atoms with Crippen molar-refractivity contribution in [1.29, 1.82) is 0 Å². The molecule has 0 spiro atoms. The molecular formula is C4H5FKO2. The van der Waals surface area contributed by atoms with Crippen molar-refractivity contribution >= 4 is 57.4 Å². The fourth-order valence-corrected chi connectivity index (χ4v) is 0.145. The molecule has 0 bridgehead atoms. The molecule has 0 rings (SSSR count). The van der Waals surface area contributed by atoms with Crippen LogP contribution in [0.4, 0.5) is 4.39 Å². The Labute approximate surface area is 89.2 Å². The first-order valence-corrected chi connectivity index (χ1v) is 1.74. The first-order chi connectivity index (χ1) is 3.27. The molecule has 0 saturated heterocycles. The number of carboxylic acids is 1. The molecular weight excluding hydrogens is 138 g/mol. The molecule has 0 amide bonds. The largest absolute Gasteiger partial charge is 0.481 e. The van der Waals surface area contributed by atoms with Gasteiger partial charge in [0.05, 0.1) is 12.8 Å². The number of hydrogen-bond donors (Lipinski definition) is 1. The maximum atomic E-state index is 10.9. The Hall–Kier alpha value is 0.776. The summed E-state index contributed by atoms with van der Waals surface area (Å²) >= 11 is 0. The van der Waals surface area contributed by atoms with E-state index in [1.54, 1.807) is 0 Å². The number of hydrogen-bond acceptors (Lipinski definition) is 1. The van der Waals surface area contributed by atoms with Gasteiger partial charge < -0.3 is 5.11 Å². The molecule has 0 aromatic heterocycles. The topological polar surface area (TPSA) is 37.3 Å². The predicted molar refractivity (Wildman–Crippen MR) is 28.3 cm³/mol. The van der Waals surface area contributed by atoms with E-state index < -0.39 is 5.97 Å². The first-order valence-electron chi connectivity index (χ1n) is 1.74. The molecule has 0 unspecified atom stereocenters. The number of carboxylic acid groups (broad SMARTS) is 1. The molecule has 0 aromatic rings. The second-order valence-corrected chi connectivity index (χ2v) is 0.960.